The molecule has 0 spiro atoms. The summed E-state index contributed by atoms with van der Waals surface area (Å²) >= 11 is 0. The van der Waals surface area contributed by atoms with Crippen molar-refractivity contribution in [1.29, 1.82) is 0 Å². The number of likely N-dealkylation sites (tertiary alicyclic amines) is 1. The van der Waals surface area contributed by atoms with E-state index < -0.39 is 0 Å². The van der Waals surface area contributed by atoms with Crippen LogP contribution in [-0.2, 0) is 9.59 Å². The van der Waals surface area contributed by atoms with Gasteiger partial charge in [0.2, 0.25) is 5.91 Å². The van der Waals surface area contributed by atoms with Gasteiger partial charge in [-0.05, 0) is 25.2 Å². The smallest absolute Gasteiger partial charge is 0.220 e. The number of ketones is 1. The van der Waals surface area contributed by atoms with E-state index in [-0.39, 0.29) is 17.7 Å². The molecular weight excluding hydrogens is 154 g/mol. The molecule has 0 bridgehead atoms. The Hall–Kier alpha value is -0.860. The summed E-state index contributed by atoms with van der Waals surface area (Å²) in [4.78, 5) is 24.0. The molecule has 1 saturated carbocycles. The van der Waals surface area contributed by atoms with E-state index in [4.69, 9.17) is 0 Å². The second kappa shape index (κ2) is 2.31. The molecule has 2 aliphatic rings. The lowest BCUT2D eigenvalue weighted by molar-refractivity contribution is -0.136. The Morgan fingerprint density at radius 2 is 2.00 bits per heavy atom. The molecule has 0 aromatic carbocycles. The molecule has 3 atom stereocenters. The first-order valence-electron chi connectivity index (χ1n) is 4.39. The molecule has 2 rings (SSSR count). The van der Waals surface area contributed by atoms with E-state index in [0.717, 1.165) is 13.0 Å². The molecule has 0 aromatic heterocycles. The van der Waals surface area contributed by atoms with E-state index in [9.17, 15) is 9.59 Å². The van der Waals surface area contributed by atoms with Crippen molar-refractivity contribution in [3.8, 4) is 0 Å². The van der Waals surface area contributed by atoms with Crippen LogP contribution in [0, 0.1) is 11.8 Å². The van der Waals surface area contributed by atoms with Gasteiger partial charge in [-0.3, -0.25) is 9.59 Å². The third-order valence-corrected chi connectivity index (χ3v) is 2.97. The Labute approximate surface area is 71.7 Å². The molecule has 1 heterocycles. The van der Waals surface area contributed by atoms with Crippen LogP contribution in [0.1, 0.15) is 20.3 Å². The SMILES string of the molecule is CC(=O)[C@@H]1C2C[C@H]2CN1C(C)=O. The van der Waals surface area contributed by atoms with Crippen molar-refractivity contribution < 1.29 is 9.59 Å². The van der Waals surface area contributed by atoms with Gasteiger partial charge in [0, 0.05) is 13.5 Å². The van der Waals surface area contributed by atoms with E-state index in [0.29, 0.717) is 11.8 Å². The number of hydrogen-bond donors (Lipinski definition) is 0. The number of hydrogen-bond acceptors (Lipinski definition) is 2. The van der Waals surface area contributed by atoms with Crippen molar-refractivity contribution in [2.24, 2.45) is 11.8 Å². The summed E-state index contributed by atoms with van der Waals surface area (Å²) in [5.74, 6) is 1.31. The summed E-state index contributed by atoms with van der Waals surface area (Å²) in [7, 11) is 0. The van der Waals surface area contributed by atoms with Crippen molar-refractivity contribution >= 4 is 11.7 Å². The molecule has 1 unspecified atom stereocenters. The Balaban J connectivity index is 2.16. The molecule has 3 heteroatoms. The van der Waals surface area contributed by atoms with E-state index in [1.807, 2.05) is 0 Å². The number of piperidine rings is 1. The minimum absolute atomic E-state index is 0.0439. The van der Waals surface area contributed by atoms with Crippen LogP contribution >= 0.6 is 0 Å². The van der Waals surface area contributed by atoms with Gasteiger partial charge in [-0.25, -0.2) is 0 Å². The number of amides is 1. The van der Waals surface area contributed by atoms with Gasteiger partial charge in [0.05, 0.1) is 6.04 Å². The van der Waals surface area contributed by atoms with Crippen LogP contribution in [0.5, 0.6) is 0 Å². The first-order valence-corrected chi connectivity index (χ1v) is 4.39. The van der Waals surface area contributed by atoms with E-state index >= 15 is 0 Å². The second-order valence-electron chi connectivity index (χ2n) is 3.89. The highest BCUT2D eigenvalue weighted by atomic mass is 16.2. The molecule has 0 N–H and O–H groups in total. The molecule has 12 heavy (non-hydrogen) atoms. The van der Waals surface area contributed by atoms with Gasteiger partial charge in [-0.1, -0.05) is 0 Å². The van der Waals surface area contributed by atoms with E-state index in [2.05, 4.69) is 0 Å². The lowest BCUT2D eigenvalue weighted by atomic mass is 10.1. The minimum atomic E-state index is -0.0903. The molecule has 2 fully saturated rings. The molecule has 66 valence electrons. The Morgan fingerprint density at radius 1 is 1.33 bits per heavy atom. The summed E-state index contributed by atoms with van der Waals surface area (Å²) in [5, 5.41) is 0. The van der Waals surface area contributed by atoms with Crippen LogP contribution in [0.2, 0.25) is 0 Å². The number of fused-ring (bicyclic) bond motifs is 1. The Morgan fingerprint density at radius 3 is 2.42 bits per heavy atom. The van der Waals surface area contributed by atoms with Crippen LogP contribution in [0.25, 0.3) is 0 Å². The lowest BCUT2D eigenvalue weighted by Crippen LogP contribution is -2.41. The van der Waals surface area contributed by atoms with E-state index in [1.54, 1.807) is 18.7 Å². The number of carbonyl (C=O) groups is 2. The summed E-state index contributed by atoms with van der Waals surface area (Å²) in [5.41, 5.74) is 0. The van der Waals surface area contributed by atoms with Crippen molar-refractivity contribution in [2.45, 2.75) is 26.3 Å². The fourth-order valence-electron chi connectivity index (χ4n) is 2.31. The molecule has 1 saturated heterocycles. The molecule has 3 nitrogen and oxygen atoms in total. The molecule has 1 aliphatic carbocycles. The molecule has 0 radical (unpaired) electrons. The van der Waals surface area contributed by atoms with E-state index in [1.165, 1.54) is 0 Å². The topological polar surface area (TPSA) is 37.4 Å². The van der Waals surface area contributed by atoms with Gasteiger partial charge in [0.1, 0.15) is 0 Å². The lowest BCUT2D eigenvalue weighted by Gasteiger charge is -2.23. The standard InChI is InChI=1S/C9H13NO2/c1-5(11)9-8-3-7(8)4-10(9)6(2)12/h7-9H,3-4H2,1-2H3/t7-,8?,9+/m0/s1. The monoisotopic (exact) mass is 167 g/mol. The number of carbonyl (C=O) groups excluding carboxylic acids is 2. The zero-order valence-electron chi connectivity index (χ0n) is 7.41. The van der Waals surface area contributed by atoms with Crippen LogP contribution in [0.4, 0.5) is 0 Å². The van der Waals surface area contributed by atoms with Gasteiger partial charge < -0.3 is 4.90 Å². The van der Waals surface area contributed by atoms with Crippen LogP contribution < -0.4 is 0 Å². The molecule has 1 aliphatic heterocycles. The highest BCUT2D eigenvalue weighted by Gasteiger charge is 2.54. The molecule has 0 aromatic rings. The van der Waals surface area contributed by atoms with Gasteiger partial charge in [-0.2, -0.15) is 0 Å². The van der Waals surface area contributed by atoms with Crippen molar-refractivity contribution in [3.05, 3.63) is 0 Å². The van der Waals surface area contributed by atoms with Crippen molar-refractivity contribution in [2.75, 3.05) is 6.54 Å². The zero-order chi connectivity index (χ0) is 8.88. The third kappa shape index (κ3) is 0.958. The summed E-state index contributed by atoms with van der Waals surface area (Å²) in [6, 6.07) is -0.0903. The quantitative estimate of drug-likeness (QED) is 0.568. The van der Waals surface area contributed by atoms with Crippen LogP contribution in [0.3, 0.4) is 0 Å². The zero-order valence-corrected chi connectivity index (χ0v) is 7.41. The van der Waals surface area contributed by atoms with Crippen LogP contribution in [0.15, 0.2) is 0 Å². The first-order chi connectivity index (χ1) is 5.61. The first kappa shape index (κ1) is 7.77. The number of nitrogens with zero attached hydrogens (tertiary/aromatic N) is 1. The minimum Gasteiger partial charge on any atom is -0.332 e. The number of Topliss-reactive ketones (excluding diaryl/α,β-unsaturated/α-hetero) is 1. The fraction of sp³-hybridized carbons (Fsp3) is 0.778. The summed E-state index contributed by atoms with van der Waals surface area (Å²) < 4.78 is 0. The highest BCUT2D eigenvalue weighted by molar-refractivity contribution is 5.88. The largest absolute Gasteiger partial charge is 0.332 e. The van der Waals surface area contributed by atoms with Crippen molar-refractivity contribution in [3.63, 3.8) is 0 Å². The maximum absolute atomic E-state index is 11.2. The summed E-state index contributed by atoms with van der Waals surface area (Å²) in [6.07, 6.45) is 1.15. The third-order valence-electron chi connectivity index (χ3n) is 2.97. The molecular formula is C9H13NO2. The highest BCUT2D eigenvalue weighted by Crippen LogP contribution is 2.49. The van der Waals surface area contributed by atoms with Crippen LogP contribution in [-0.4, -0.2) is 29.2 Å². The Kier molecular flexibility index (Phi) is 1.50. The van der Waals surface area contributed by atoms with Gasteiger partial charge in [0.25, 0.3) is 0 Å². The maximum atomic E-state index is 11.2. The van der Waals surface area contributed by atoms with Gasteiger partial charge >= 0.3 is 0 Å². The summed E-state index contributed by atoms with van der Waals surface area (Å²) in [6.45, 7) is 3.94. The predicted octanol–water partition coefficient (Wildman–Crippen LogP) is 0.442. The number of rotatable bonds is 1. The Bertz CT molecular complexity index is 249. The molecule has 1 amide bonds. The second-order valence-corrected chi connectivity index (χ2v) is 3.89. The average molecular weight is 167 g/mol. The average Bonchev–Trinajstić information content (AvgIpc) is 2.60. The van der Waals surface area contributed by atoms with Crippen molar-refractivity contribution in [1.82, 2.24) is 4.90 Å². The maximum Gasteiger partial charge on any atom is 0.220 e. The fourth-order valence-corrected chi connectivity index (χ4v) is 2.31. The predicted molar refractivity (Wildman–Crippen MR) is 43.5 cm³/mol. The van der Waals surface area contributed by atoms with Gasteiger partial charge in [-0.15, -0.1) is 0 Å². The van der Waals surface area contributed by atoms with Gasteiger partial charge in [0.15, 0.2) is 5.78 Å². The normalized spacial score (nSPS) is 37.8.